The molecule has 1 aromatic heterocycles. The topological polar surface area (TPSA) is 20.2 Å². The Morgan fingerprint density at radius 2 is 2.25 bits per heavy atom. The predicted octanol–water partition coefficient (Wildman–Crippen LogP) is 1.84. The number of aromatic nitrogens is 1. The molecule has 92 valence electrons. The molecular formula is C13H25N3. The Morgan fingerprint density at radius 3 is 2.81 bits per heavy atom. The zero-order valence-corrected chi connectivity index (χ0v) is 11.0. The van der Waals surface area contributed by atoms with E-state index in [1.54, 1.807) is 0 Å². The van der Waals surface area contributed by atoms with E-state index >= 15 is 0 Å². The number of nitrogens with one attached hydrogen (secondary N) is 1. The van der Waals surface area contributed by atoms with E-state index in [0.29, 0.717) is 6.04 Å². The first kappa shape index (κ1) is 13.3. The molecule has 0 aliphatic heterocycles. The lowest BCUT2D eigenvalue weighted by molar-refractivity contribution is 0.252. The van der Waals surface area contributed by atoms with Crippen LogP contribution in [0.25, 0.3) is 0 Å². The van der Waals surface area contributed by atoms with E-state index in [1.165, 1.54) is 12.0 Å². The summed E-state index contributed by atoms with van der Waals surface area (Å²) in [7, 11) is 4.25. The third-order valence-electron chi connectivity index (χ3n) is 3.21. The summed E-state index contributed by atoms with van der Waals surface area (Å²) in [6.07, 6.45) is 5.46. The van der Waals surface area contributed by atoms with Crippen LogP contribution in [0.15, 0.2) is 18.5 Å². The number of likely N-dealkylation sites (N-methyl/N-ethyl adjacent to an activating group) is 1. The van der Waals surface area contributed by atoms with Gasteiger partial charge >= 0.3 is 0 Å². The Balaban J connectivity index is 2.12. The van der Waals surface area contributed by atoms with Crippen LogP contribution in [0.2, 0.25) is 0 Å². The molecule has 0 aliphatic rings. The van der Waals surface area contributed by atoms with Crippen LogP contribution in [0.3, 0.4) is 0 Å². The van der Waals surface area contributed by atoms with Gasteiger partial charge in [-0.25, -0.2) is 0 Å². The molecule has 1 rings (SSSR count). The lowest BCUT2D eigenvalue weighted by atomic mass is 10.2. The maximum absolute atomic E-state index is 3.47. The highest BCUT2D eigenvalue weighted by Gasteiger charge is 2.05. The number of hydrogen-bond donors (Lipinski definition) is 1. The van der Waals surface area contributed by atoms with Gasteiger partial charge in [-0.2, -0.15) is 0 Å². The summed E-state index contributed by atoms with van der Waals surface area (Å²) in [6.45, 7) is 7.64. The molecule has 0 fully saturated rings. The van der Waals surface area contributed by atoms with Gasteiger partial charge in [0.05, 0.1) is 0 Å². The van der Waals surface area contributed by atoms with Crippen LogP contribution in [-0.4, -0.2) is 35.6 Å². The SMILES string of the molecule is CCC(C)N(C)CCNCc1ccn(C)c1. The second kappa shape index (κ2) is 6.71. The molecule has 3 nitrogen and oxygen atoms in total. The quantitative estimate of drug-likeness (QED) is 0.712. The summed E-state index contributed by atoms with van der Waals surface area (Å²) < 4.78 is 2.09. The van der Waals surface area contributed by atoms with Gasteiger partial charge in [0.2, 0.25) is 0 Å². The number of hydrogen-bond acceptors (Lipinski definition) is 2. The second-order valence-corrected chi connectivity index (χ2v) is 4.60. The maximum Gasteiger partial charge on any atom is 0.0221 e. The standard InChI is InChI=1S/C13H25N3/c1-5-12(2)16(4)9-7-14-10-13-6-8-15(3)11-13/h6,8,11-12,14H,5,7,9-10H2,1-4H3. The van der Waals surface area contributed by atoms with Crippen LogP contribution >= 0.6 is 0 Å². The first-order valence-corrected chi connectivity index (χ1v) is 6.15. The number of nitrogens with zero attached hydrogens (tertiary/aromatic N) is 2. The fourth-order valence-corrected chi connectivity index (χ4v) is 1.69. The highest BCUT2D eigenvalue weighted by molar-refractivity contribution is 5.09. The van der Waals surface area contributed by atoms with Crippen LogP contribution in [0, 0.1) is 0 Å². The molecule has 1 N–H and O–H groups in total. The van der Waals surface area contributed by atoms with E-state index in [-0.39, 0.29) is 0 Å². The summed E-state index contributed by atoms with van der Waals surface area (Å²) in [4.78, 5) is 2.40. The van der Waals surface area contributed by atoms with E-state index < -0.39 is 0 Å². The maximum atomic E-state index is 3.47. The average molecular weight is 223 g/mol. The minimum absolute atomic E-state index is 0.679. The van der Waals surface area contributed by atoms with Crippen molar-refractivity contribution in [3.05, 3.63) is 24.0 Å². The Morgan fingerprint density at radius 1 is 1.50 bits per heavy atom. The molecule has 1 aromatic rings. The predicted molar refractivity (Wildman–Crippen MR) is 69.5 cm³/mol. The highest BCUT2D eigenvalue weighted by Crippen LogP contribution is 2.00. The van der Waals surface area contributed by atoms with E-state index in [1.807, 2.05) is 0 Å². The smallest absolute Gasteiger partial charge is 0.0221 e. The van der Waals surface area contributed by atoms with Gasteiger partial charge in [0, 0.05) is 45.1 Å². The first-order valence-electron chi connectivity index (χ1n) is 6.15. The van der Waals surface area contributed by atoms with Gasteiger partial charge in [0.1, 0.15) is 0 Å². The molecule has 1 heterocycles. The van der Waals surface area contributed by atoms with Gasteiger partial charge in [-0.3, -0.25) is 0 Å². The van der Waals surface area contributed by atoms with Crippen molar-refractivity contribution in [1.29, 1.82) is 0 Å². The Hall–Kier alpha value is -0.800. The minimum Gasteiger partial charge on any atom is -0.357 e. The van der Waals surface area contributed by atoms with Gasteiger partial charge in [-0.15, -0.1) is 0 Å². The Labute approximate surface area is 99.4 Å². The van der Waals surface area contributed by atoms with Crippen molar-refractivity contribution >= 4 is 0 Å². The van der Waals surface area contributed by atoms with Gasteiger partial charge in [-0.1, -0.05) is 6.92 Å². The van der Waals surface area contributed by atoms with Gasteiger partial charge in [0.15, 0.2) is 0 Å². The molecule has 0 amide bonds. The molecule has 0 bridgehead atoms. The van der Waals surface area contributed by atoms with Gasteiger partial charge < -0.3 is 14.8 Å². The average Bonchev–Trinajstić information content (AvgIpc) is 2.69. The van der Waals surface area contributed by atoms with E-state index in [2.05, 4.69) is 61.2 Å². The molecule has 0 aromatic carbocycles. The molecule has 0 saturated heterocycles. The number of rotatable bonds is 7. The first-order chi connectivity index (χ1) is 7.63. The minimum atomic E-state index is 0.679. The molecule has 1 unspecified atom stereocenters. The normalized spacial score (nSPS) is 13.3. The van der Waals surface area contributed by atoms with Gasteiger partial charge in [0.25, 0.3) is 0 Å². The van der Waals surface area contributed by atoms with Crippen molar-refractivity contribution in [2.45, 2.75) is 32.9 Å². The fraction of sp³-hybridized carbons (Fsp3) is 0.692. The monoisotopic (exact) mass is 223 g/mol. The van der Waals surface area contributed by atoms with Crippen LogP contribution in [0.5, 0.6) is 0 Å². The molecule has 3 heteroatoms. The van der Waals surface area contributed by atoms with Crippen LogP contribution in [-0.2, 0) is 13.6 Å². The summed E-state index contributed by atoms with van der Waals surface area (Å²) >= 11 is 0. The Kier molecular flexibility index (Phi) is 5.56. The van der Waals surface area contributed by atoms with E-state index in [0.717, 1.165) is 19.6 Å². The lowest BCUT2D eigenvalue weighted by Crippen LogP contribution is -2.34. The van der Waals surface area contributed by atoms with E-state index in [4.69, 9.17) is 0 Å². The summed E-state index contributed by atoms with van der Waals surface area (Å²) in [5.74, 6) is 0. The van der Waals surface area contributed by atoms with Crippen LogP contribution < -0.4 is 5.32 Å². The molecule has 0 saturated carbocycles. The van der Waals surface area contributed by atoms with Crippen LogP contribution in [0.1, 0.15) is 25.8 Å². The van der Waals surface area contributed by atoms with Crippen molar-refractivity contribution in [3.63, 3.8) is 0 Å². The van der Waals surface area contributed by atoms with Gasteiger partial charge in [-0.05, 0) is 32.0 Å². The zero-order valence-electron chi connectivity index (χ0n) is 11.0. The summed E-state index contributed by atoms with van der Waals surface area (Å²) in [5, 5.41) is 3.47. The molecule has 0 spiro atoms. The van der Waals surface area contributed by atoms with Crippen LogP contribution in [0.4, 0.5) is 0 Å². The third-order valence-corrected chi connectivity index (χ3v) is 3.21. The molecule has 1 atom stereocenters. The summed E-state index contributed by atoms with van der Waals surface area (Å²) in [5.41, 5.74) is 1.36. The van der Waals surface area contributed by atoms with Crippen molar-refractivity contribution in [2.24, 2.45) is 7.05 Å². The third kappa shape index (κ3) is 4.37. The molecular weight excluding hydrogens is 198 g/mol. The Bertz CT molecular complexity index is 293. The highest BCUT2D eigenvalue weighted by atomic mass is 15.1. The molecule has 0 radical (unpaired) electrons. The lowest BCUT2D eigenvalue weighted by Gasteiger charge is -2.23. The van der Waals surface area contributed by atoms with Crippen molar-refractivity contribution < 1.29 is 0 Å². The van der Waals surface area contributed by atoms with Crippen molar-refractivity contribution in [2.75, 3.05) is 20.1 Å². The summed E-state index contributed by atoms with van der Waals surface area (Å²) in [6, 6.07) is 2.84. The number of aryl methyl sites for hydroxylation is 1. The largest absolute Gasteiger partial charge is 0.357 e. The van der Waals surface area contributed by atoms with Crippen molar-refractivity contribution in [1.82, 2.24) is 14.8 Å². The molecule has 16 heavy (non-hydrogen) atoms. The fourth-order valence-electron chi connectivity index (χ4n) is 1.69. The molecule has 0 aliphatic carbocycles. The van der Waals surface area contributed by atoms with E-state index in [9.17, 15) is 0 Å². The second-order valence-electron chi connectivity index (χ2n) is 4.60. The van der Waals surface area contributed by atoms with Crippen molar-refractivity contribution in [3.8, 4) is 0 Å². The zero-order chi connectivity index (χ0) is 12.0.